The number of hydrogen-bond acceptors (Lipinski definition) is 4. The minimum atomic E-state index is -4.92. The Hall–Kier alpha value is -2.59. The topological polar surface area (TPSA) is 71.5 Å². The zero-order valence-corrected chi connectivity index (χ0v) is 15.4. The van der Waals surface area contributed by atoms with E-state index in [-0.39, 0.29) is 19.3 Å². The summed E-state index contributed by atoms with van der Waals surface area (Å²) >= 11 is 0. The highest BCUT2D eigenvalue weighted by Crippen LogP contribution is 2.50. The third kappa shape index (κ3) is 3.54. The monoisotopic (exact) mass is 428 g/mol. The Balaban J connectivity index is 1.67. The van der Waals surface area contributed by atoms with Crippen molar-refractivity contribution in [2.75, 3.05) is 5.32 Å². The van der Waals surface area contributed by atoms with Crippen molar-refractivity contribution in [2.24, 2.45) is 5.41 Å². The van der Waals surface area contributed by atoms with Crippen LogP contribution in [0.25, 0.3) is 0 Å². The lowest BCUT2D eigenvalue weighted by molar-refractivity contribution is -0.140. The summed E-state index contributed by atoms with van der Waals surface area (Å²) in [7, 11) is 0. The summed E-state index contributed by atoms with van der Waals surface area (Å²) in [5.74, 6) is -3.10. The molecule has 10 heteroatoms. The maximum atomic E-state index is 14.4. The molecular formula is C20H17F5N2O3. The molecule has 3 heterocycles. The van der Waals surface area contributed by atoms with E-state index < -0.39 is 58.8 Å². The van der Waals surface area contributed by atoms with Crippen LogP contribution in [-0.4, -0.2) is 34.3 Å². The Morgan fingerprint density at radius 2 is 2.07 bits per heavy atom. The number of aromatic nitrogens is 1. The van der Waals surface area contributed by atoms with E-state index in [1.54, 1.807) is 0 Å². The summed E-state index contributed by atoms with van der Waals surface area (Å²) in [6.45, 7) is 0. The van der Waals surface area contributed by atoms with Crippen LogP contribution in [0.2, 0.25) is 0 Å². The van der Waals surface area contributed by atoms with Crippen molar-refractivity contribution in [3.05, 3.63) is 59.4 Å². The fourth-order valence-electron chi connectivity index (χ4n) is 4.28. The first-order chi connectivity index (χ1) is 14.1. The zero-order valence-electron chi connectivity index (χ0n) is 15.4. The second kappa shape index (κ2) is 7.28. The third-order valence-corrected chi connectivity index (χ3v) is 5.72. The van der Waals surface area contributed by atoms with E-state index in [0.29, 0.717) is 11.6 Å². The summed E-state index contributed by atoms with van der Waals surface area (Å²) in [4.78, 5) is 16.7. The smallest absolute Gasteiger partial charge is 0.390 e. The van der Waals surface area contributed by atoms with Crippen LogP contribution >= 0.6 is 0 Å². The summed E-state index contributed by atoms with van der Waals surface area (Å²) in [5.41, 5.74) is -2.99. The van der Waals surface area contributed by atoms with Crippen LogP contribution in [0.5, 0.6) is 0 Å². The van der Waals surface area contributed by atoms with Gasteiger partial charge in [-0.3, -0.25) is 4.79 Å². The molecule has 1 amide bonds. The van der Waals surface area contributed by atoms with Crippen LogP contribution < -0.4 is 5.32 Å². The van der Waals surface area contributed by atoms with Gasteiger partial charge >= 0.3 is 6.18 Å². The van der Waals surface area contributed by atoms with E-state index >= 15 is 0 Å². The molecule has 5 nitrogen and oxygen atoms in total. The van der Waals surface area contributed by atoms with Gasteiger partial charge in [-0.2, -0.15) is 17.6 Å². The number of anilines is 1. The second-order valence-corrected chi connectivity index (χ2v) is 7.61. The number of aliphatic hydroxyl groups is 1. The normalized spacial score (nSPS) is 28.0. The van der Waals surface area contributed by atoms with Gasteiger partial charge in [-0.25, -0.2) is 9.37 Å². The van der Waals surface area contributed by atoms with Crippen LogP contribution in [0, 0.1) is 17.2 Å². The lowest BCUT2D eigenvalue weighted by Crippen LogP contribution is -2.48. The maximum absolute atomic E-state index is 14.4. The van der Waals surface area contributed by atoms with Gasteiger partial charge in [-0.15, -0.1) is 0 Å². The number of rotatable bonds is 4. The van der Waals surface area contributed by atoms with Gasteiger partial charge in [0.1, 0.15) is 0 Å². The fraction of sp³-hybridized carbons (Fsp3) is 0.400. The van der Waals surface area contributed by atoms with Crippen molar-refractivity contribution in [3.8, 4) is 0 Å². The highest BCUT2D eigenvalue weighted by molar-refractivity contribution is 5.96. The molecule has 2 bridgehead atoms. The molecule has 4 rings (SSSR count). The first-order valence-electron chi connectivity index (χ1n) is 9.21. The SMILES string of the molecule is O=C(Nc1cccc(C(F)(F)F)c1F)[C@@]1(Cc2ccnc(F)c2)C[C@H]2O[C@@H]1C[C@@H]2O. The average Bonchev–Trinajstić information content (AvgIpc) is 3.19. The van der Waals surface area contributed by atoms with Gasteiger partial charge in [0.2, 0.25) is 11.9 Å². The molecule has 0 saturated carbocycles. The largest absolute Gasteiger partial charge is 0.419 e. The van der Waals surface area contributed by atoms with Gasteiger partial charge in [0.25, 0.3) is 0 Å². The van der Waals surface area contributed by atoms with Crippen LogP contribution in [-0.2, 0) is 22.1 Å². The number of nitrogens with one attached hydrogen (secondary N) is 1. The van der Waals surface area contributed by atoms with Crippen molar-refractivity contribution in [2.45, 2.75) is 43.8 Å². The van der Waals surface area contributed by atoms with Gasteiger partial charge in [0.15, 0.2) is 5.82 Å². The summed E-state index contributed by atoms with van der Waals surface area (Å²) in [6, 6.07) is 5.25. The van der Waals surface area contributed by atoms with Crippen LogP contribution in [0.4, 0.5) is 27.6 Å². The second-order valence-electron chi connectivity index (χ2n) is 7.61. The van der Waals surface area contributed by atoms with Crippen molar-refractivity contribution >= 4 is 11.6 Å². The maximum Gasteiger partial charge on any atom is 0.419 e. The molecule has 2 aromatic rings. The fourth-order valence-corrected chi connectivity index (χ4v) is 4.28. The Morgan fingerprint density at radius 3 is 2.67 bits per heavy atom. The molecule has 2 aliphatic rings. The first-order valence-corrected chi connectivity index (χ1v) is 9.21. The highest BCUT2D eigenvalue weighted by Gasteiger charge is 2.60. The molecule has 30 heavy (non-hydrogen) atoms. The molecule has 1 aromatic heterocycles. The molecule has 2 fully saturated rings. The number of carbonyl (C=O) groups excluding carboxylic acids is 1. The van der Waals surface area contributed by atoms with Gasteiger partial charge in [0, 0.05) is 12.6 Å². The van der Waals surface area contributed by atoms with E-state index in [1.807, 2.05) is 0 Å². The van der Waals surface area contributed by atoms with E-state index in [2.05, 4.69) is 10.3 Å². The number of hydrogen-bond donors (Lipinski definition) is 2. The lowest BCUT2D eigenvalue weighted by Gasteiger charge is -2.35. The number of benzene rings is 1. The average molecular weight is 428 g/mol. The number of carbonyl (C=O) groups is 1. The molecule has 1 aromatic carbocycles. The number of halogens is 5. The molecule has 160 valence electrons. The number of pyridine rings is 1. The van der Waals surface area contributed by atoms with E-state index in [1.165, 1.54) is 12.3 Å². The Bertz CT molecular complexity index is 981. The number of aliphatic hydroxyl groups excluding tert-OH is 1. The minimum absolute atomic E-state index is 0.00720. The molecule has 2 aliphatic heterocycles. The Labute approximate surface area is 167 Å². The standard InChI is InChI=1S/C20H17F5N2O3/c21-16-6-10(4-5-26-16)8-19(9-14-13(28)7-15(19)30-14)18(29)27-12-3-1-2-11(17(12)22)20(23,24)25/h1-6,13-15,28H,7-9H2,(H,27,29)/t13-,14+,15+,19-/m0/s1. The number of amides is 1. The van der Waals surface area contributed by atoms with Crippen molar-refractivity contribution in [1.29, 1.82) is 0 Å². The minimum Gasteiger partial charge on any atom is -0.390 e. The summed E-state index contributed by atoms with van der Waals surface area (Å²) < 4.78 is 72.6. The number of fused-ring (bicyclic) bond motifs is 2. The Kier molecular flexibility index (Phi) is 5.01. The molecule has 2 saturated heterocycles. The van der Waals surface area contributed by atoms with Crippen molar-refractivity contribution in [3.63, 3.8) is 0 Å². The van der Waals surface area contributed by atoms with Crippen LogP contribution in [0.3, 0.4) is 0 Å². The number of nitrogens with zero attached hydrogens (tertiary/aromatic N) is 1. The predicted octanol–water partition coefficient (Wildman–Crippen LogP) is 3.47. The summed E-state index contributed by atoms with van der Waals surface area (Å²) in [5, 5.41) is 12.2. The van der Waals surface area contributed by atoms with Gasteiger partial charge in [0.05, 0.1) is 35.0 Å². The van der Waals surface area contributed by atoms with Crippen LogP contribution in [0.15, 0.2) is 36.5 Å². The zero-order chi connectivity index (χ0) is 21.7. The third-order valence-electron chi connectivity index (χ3n) is 5.72. The van der Waals surface area contributed by atoms with E-state index in [0.717, 1.165) is 18.2 Å². The van der Waals surface area contributed by atoms with Crippen molar-refractivity contribution < 1.29 is 36.6 Å². The lowest BCUT2D eigenvalue weighted by atomic mass is 9.68. The predicted molar refractivity (Wildman–Crippen MR) is 94.3 cm³/mol. The van der Waals surface area contributed by atoms with Crippen molar-refractivity contribution in [1.82, 2.24) is 4.98 Å². The first kappa shape index (κ1) is 20.7. The van der Waals surface area contributed by atoms with E-state index in [9.17, 15) is 31.9 Å². The molecule has 0 unspecified atom stereocenters. The molecule has 0 radical (unpaired) electrons. The van der Waals surface area contributed by atoms with Crippen LogP contribution in [0.1, 0.15) is 24.0 Å². The molecule has 0 spiro atoms. The molecule has 2 N–H and O–H groups in total. The number of ether oxygens (including phenoxy) is 1. The quantitative estimate of drug-likeness (QED) is 0.578. The van der Waals surface area contributed by atoms with Gasteiger partial charge in [-0.05, 0) is 42.7 Å². The number of alkyl halides is 3. The van der Waals surface area contributed by atoms with Gasteiger partial charge in [-0.1, -0.05) is 6.07 Å². The molecule has 0 aliphatic carbocycles. The summed E-state index contributed by atoms with van der Waals surface area (Å²) in [6.07, 6.45) is -5.67. The Morgan fingerprint density at radius 1 is 1.30 bits per heavy atom. The highest BCUT2D eigenvalue weighted by atomic mass is 19.4. The van der Waals surface area contributed by atoms with E-state index in [4.69, 9.17) is 4.74 Å². The molecular weight excluding hydrogens is 411 g/mol. The molecule has 4 atom stereocenters. The van der Waals surface area contributed by atoms with Gasteiger partial charge < -0.3 is 15.2 Å².